The second kappa shape index (κ2) is 8.24. The number of pyridine rings is 1. The Balaban J connectivity index is 1.68. The van der Waals surface area contributed by atoms with Gasteiger partial charge in [-0.3, -0.25) is 9.20 Å². The van der Waals surface area contributed by atoms with Gasteiger partial charge < -0.3 is 20.4 Å². The van der Waals surface area contributed by atoms with E-state index in [1.807, 2.05) is 11.0 Å². The Kier molecular flexibility index (Phi) is 5.63. The molecule has 1 aliphatic rings. The van der Waals surface area contributed by atoms with Crippen LogP contribution < -0.4 is 10.2 Å². The van der Waals surface area contributed by atoms with Crippen molar-refractivity contribution in [2.45, 2.75) is 31.3 Å². The van der Waals surface area contributed by atoms with Crippen molar-refractivity contribution in [2.24, 2.45) is 0 Å². The molecule has 0 unspecified atom stereocenters. The molecule has 9 heteroatoms. The molecule has 1 amide bonds. The Morgan fingerprint density at radius 1 is 1.26 bits per heavy atom. The van der Waals surface area contributed by atoms with Gasteiger partial charge in [0.05, 0.1) is 36.7 Å². The second-order valence-electron chi connectivity index (χ2n) is 8.11. The van der Waals surface area contributed by atoms with E-state index in [2.05, 4.69) is 10.3 Å². The van der Waals surface area contributed by atoms with Gasteiger partial charge in [-0.1, -0.05) is 0 Å². The Morgan fingerprint density at radius 2 is 2.03 bits per heavy atom. The van der Waals surface area contributed by atoms with E-state index >= 15 is 0 Å². The molecule has 1 atom stereocenters. The summed E-state index contributed by atoms with van der Waals surface area (Å²) in [4.78, 5) is 19.0. The van der Waals surface area contributed by atoms with Crippen LogP contribution >= 0.6 is 0 Å². The van der Waals surface area contributed by atoms with Gasteiger partial charge in [-0.25, -0.2) is 13.8 Å². The third-order valence-electron chi connectivity index (χ3n) is 5.74. The molecule has 164 valence electrons. The van der Waals surface area contributed by atoms with E-state index in [-0.39, 0.29) is 11.7 Å². The first-order valence-corrected chi connectivity index (χ1v) is 10.1. The summed E-state index contributed by atoms with van der Waals surface area (Å²) in [5.41, 5.74) is 0.656. The summed E-state index contributed by atoms with van der Waals surface area (Å²) in [6.45, 7) is 1.34. The summed E-state index contributed by atoms with van der Waals surface area (Å²) in [6, 6.07) is 6.75. The molecular weight excluding hydrogens is 406 g/mol. The predicted molar refractivity (Wildman–Crippen MR) is 111 cm³/mol. The fourth-order valence-electron chi connectivity index (χ4n) is 3.94. The van der Waals surface area contributed by atoms with Gasteiger partial charge in [0.2, 0.25) is 0 Å². The highest BCUT2D eigenvalue weighted by Gasteiger charge is 2.30. The smallest absolute Gasteiger partial charge is 0.270 e. The van der Waals surface area contributed by atoms with E-state index in [1.165, 1.54) is 19.2 Å². The van der Waals surface area contributed by atoms with Crippen LogP contribution in [0, 0.1) is 11.6 Å². The summed E-state index contributed by atoms with van der Waals surface area (Å²) in [5.74, 6) is -1.43. The van der Waals surface area contributed by atoms with Gasteiger partial charge in [0.25, 0.3) is 5.91 Å². The Hall–Kier alpha value is -3.04. The van der Waals surface area contributed by atoms with Gasteiger partial charge in [0, 0.05) is 18.3 Å². The summed E-state index contributed by atoms with van der Waals surface area (Å²) < 4.78 is 29.8. The molecule has 1 fully saturated rings. The molecule has 0 saturated carbocycles. The third-order valence-corrected chi connectivity index (χ3v) is 5.74. The van der Waals surface area contributed by atoms with Crippen LogP contribution in [0.2, 0.25) is 0 Å². The van der Waals surface area contributed by atoms with Crippen LogP contribution in [0.3, 0.4) is 0 Å². The summed E-state index contributed by atoms with van der Waals surface area (Å²) in [7, 11) is 0. The first-order valence-electron chi connectivity index (χ1n) is 10.1. The zero-order valence-electron chi connectivity index (χ0n) is 17.1. The SMILES string of the molecule is CC(CO)(CO)NC(=O)c1cnc2ccc(N3CCC[C@@H]3c3cc(F)ccc3F)cn12. The number of carbonyl (C=O) groups excluding carboxylic acids is 1. The summed E-state index contributed by atoms with van der Waals surface area (Å²) >= 11 is 0. The maximum absolute atomic E-state index is 14.4. The van der Waals surface area contributed by atoms with Crippen molar-refractivity contribution >= 4 is 17.2 Å². The zero-order valence-corrected chi connectivity index (χ0v) is 17.1. The number of hydrogen-bond acceptors (Lipinski definition) is 5. The molecule has 1 saturated heterocycles. The van der Waals surface area contributed by atoms with E-state index in [4.69, 9.17) is 0 Å². The maximum atomic E-state index is 14.4. The van der Waals surface area contributed by atoms with Gasteiger partial charge in [-0.05, 0) is 50.1 Å². The number of halogens is 2. The first kappa shape index (κ1) is 21.2. The standard InChI is InChI=1S/C22H24F2N4O3/c1-22(12-29,13-30)26-21(31)19-10-25-20-7-5-15(11-28(19)20)27-8-2-3-18(27)16-9-14(23)4-6-17(16)24/h4-7,9-11,18,29-30H,2-3,8,12-13H2,1H3,(H,26,31)/t18-/m1/s1. The van der Waals surface area contributed by atoms with Gasteiger partial charge in [-0.15, -0.1) is 0 Å². The van der Waals surface area contributed by atoms with Crippen molar-refractivity contribution in [1.29, 1.82) is 0 Å². The molecule has 3 N–H and O–H groups in total. The highest BCUT2D eigenvalue weighted by molar-refractivity contribution is 5.94. The molecule has 1 aromatic carbocycles. The highest BCUT2D eigenvalue weighted by atomic mass is 19.1. The van der Waals surface area contributed by atoms with Crippen molar-refractivity contribution in [3.63, 3.8) is 0 Å². The predicted octanol–water partition coefficient (Wildman–Crippen LogP) is 2.43. The molecule has 0 bridgehead atoms. The van der Waals surface area contributed by atoms with E-state index in [9.17, 15) is 23.8 Å². The maximum Gasteiger partial charge on any atom is 0.270 e. The van der Waals surface area contributed by atoms with E-state index in [1.54, 1.807) is 16.7 Å². The van der Waals surface area contributed by atoms with Gasteiger partial charge >= 0.3 is 0 Å². The van der Waals surface area contributed by atoms with Crippen molar-refractivity contribution in [1.82, 2.24) is 14.7 Å². The lowest BCUT2D eigenvalue weighted by atomic mass is 10.0. The molecule has 3 aromatic rings. The van der Waals surface area contributed by atoms with Crippen molar-refractivity contribution in [3.05, 3.63) is 65.6 Å². The lowest BCUT2D eigenvalue weighted by Crippen LogP contribution is -2.52. The molecule has 0 radical (unpaired) electrons. The van der Waals surface area contributed by atoms with Crippen LogP contribution in [-0.2, 0) is 0 Å². The number of nitrogens with one attached hydrogen (secondary N) is 1. The minimum absolute atomic E-state index is 0.234. The second-order valence-corrected chi connectivity index (χ2v) is 8.11. The topological polar surface area (TPSA) is 90.1 Å². The molecule has 7 nitrogen and oxygen atoms in total. The van der Waals surface area contributed by atoms with Gasteiger partial charge in [-0.2, -0.15) is 0 Å². The Morgan fingerprint density at radius 3 is 2.77 bits per heavy atom. The Labute approximate surface area is 177 Å². The minimum atomic E-state index is -1.17. The number of imidazole rings is 1. The number of carbonyl (C=O) groups is 1. The van der Waals surface area contributed by atoms with Crippen LogP contribution in [0.25, 0.3) is 5.65 Å². The number of amides is 1. The Bertz CT molecular complexity index is 1110. The zero-order chi connectivity index (χ0) is 22.2. The normalized spacial score (nSPS) is 16.8. The summed E-state index contributed by atoms with van der Waals surface area (Å²) in [5, 5.41) is 21.5. The number of nitrogens with zero attached hydrogens (tertiary/aromatic N) is 3. The van der Waals surface area contributed by atoms with Gasteiger partial charge in [0.15, 0.2) is 0 Å². The number of benzene rings is 1. The molecule has 2 aromatic heterocycles. The molecule has 0 aliphatic carbocycles. The number of anilines is 1. The highest BCUT2D eigenvalue weighted by Crippen LogP contribution is 2.37. The number of aromatic nitrogens is 2. The lowest BCUT2D eigenvalue weighted by molar-refractivity contribution is 0.0719. The number of rotatable bonds is 6. The van der Waals surface area contributed by atoms with Crippen LogP contribution in [0.5, 0.6) is 0 Å². The van der Waals surface area contributed by atoms with Crippen LogP contribution in [-0.4, -0.2) is 50.8 Å². The van der Waals surface area contributed by atoms with E-state index < -0.39 is 36.3 Å². The largest absolute Gasteiger partial charge is 0.394 e. The van der Waals surface area contributed by atoms with Crippen LogP contribution in [0.15, 0.2) is 42.7 Å². The number of aliphatic hydroxyl groups excluding tert-OH is 2. The molecule has 3 heterocycles. The minimum Gasteiger partial charge on any atom is -0.394 e. The monoisotopic (exact) mass is 430 g/mol. The molecule has 31 heavy (non-hydrogen) atoms. The molecule has 4 rings (SSSR count). The van der Waals surface area contributed by atoms with E-state index in [0.717, 1.165) is 24.2 Å². The third kappa shape index (κ3) is 3.98. The summed E-state index contributed by atoms with van der Waals surface area (Å²) in [6.07, 6.45) is 4.65. The quantitative estimate of drug-likeness (QED) is 0.559. The average molecular weight is 430 g/mol. The van der Waals surface area contributed by atoms with Crippen LogP contribution in [0.4, 0.5) is 14.5 Å². The number of aliphatic hydroxyl groups is 2. The van der Waals surface area contributed by atoms with Crippen molar-refractivity contribution in [2.75, 3.05) is 24.7 Å². The molecular formula is C22H24F2N4O3. The van der Waals surface area contributed by atoms with Crippen molar-refractivity contribution < 1.29 is 23.8 Å². The van der Waals surface area contributed by atoms with Crippen molar-refractivity contribution in [3.8, 4) is 0 Å². The lowest BCUT2D eigenvalue weighted by Gasteiger charge is -2.28. The molecule has 0 spiro atoms. The fourth-order valence-corrected chi connectivity index (χ4v) is 3.94. The van der Waals surface area contributed by atoms with Gasteiger partial charge in [0.1, 0.15) is 23.0 Å². The first-order chi connectivity index (χ1) is 14.8. The fraction of sp³-hybridized carbons (Fsp3) is 0.364. The number of fused-ring (bicyclic) bond motifs is 1. The van der Waals surface area contributed by atoms with E-state index in [0.29, 0.717) is 24.2 Å². The average Bonchev–Trinajstić information content (AvgIpc) is 3.42. The molecule has 1 aliphatic heterocycles. The number of hydrogen-bond donors (Lipinski definition) is 3. The van der Waals surface area contributed by atoms with Crippen LogP contribution in [0.1, 0.15) is 41.9 Å².